The van der Waals surface area contributed by atoms with Gasteiger partial charge in [-0.25, -0.2) is 0 Å². The Bertz CT molecular complexity index is 599. The Morgan fingerprint density at radius 3 is 2.94 bits per heavy atom. The van der Waals surface area contributed by atoms with Gasteiger partial charge in [0.15, 0.2) is 5.78 Å². The number of aryl methyl sites for hydroxylation is 1. The van der Waals surface area contributed by atoms with E-state index in [4.69, 9.17) is 4.74 Å². The van der Waals surface area contributed by atoms with E-state index in [1.807, 2.05) is 37.3 Å². The number of hydrogen-bond donors (Lipinski definition) is 0. The summed E-state index contributed by atoms with van der Waals surface area (Å²) in [5, 5.41) is 0. The number of halogens is 1. The Kier molecular flexibility index (Phi) is 2.99. The van der Waals surface area contributed by atoms with Crippen molar-refractivity contribution in [2.24, 2.45) is 0 Å². The van der Waals surface area contributed by atoms with Gasteiger partial charge in [-0.3, -0.25) is 4.79 Å². The molecule has 0 spiro atoms. The number of benzene rings is 1. The van der Waals surface area contributed by atoms with E-state index in [9.17, 15) is 4.79 Å². The van der Waals surface area contributed by atoms with Gasteiger partial charge in [0, 0.05) is 14.9 Å². The number of ketones is 1. The first kappa shape index (κ1) is 11.9. The topological polar surface area (TPSA) is 26.3 Å². The number of carbonyl (C=O) groups is 1. The van der Waals surface area contributed by atoms with E-state index in [0.29, 0.717) is 6.61 Å². The lowest BCUT2D eigenvalue weighted by Gasteiger charge is -2.05. The Labute approximate surface area is 118 Å². The molecule has 92 valence electrons. The zero-order valence-corrected chi connectivity index (χ0v) is 12.2. The van der Waals surface area contributed by atoms with Gasteiger partial charge in [0.2, 0.25) is 0 Å². The standard InChI is InChI=1S/C14H11BrO2S/c1-8-11(15)6-13(18-8)14(16)10-7-17-12-5-3-2-4-9(10)12/h2-6,10H,7H2,1H3. The first-order chi connectivity index (χ1) is 8.66. The van der Waals surface area contributed by atoms with Gasteiger partial charge in [0.05, 0.1) is 10.8 Å². The molecule has 2 heterocycles. The molecule has 1 aromatic carbocycles. The second-order valence-electron chi connectivity index (χ2n) is 4.28. The van der Waals surface area contributed by atoms with E-state index >= 15 is 0 Å². The molecule has 1 atom stereocenters. The molecule has 0 amide bonds. The highest BCUT2D eigenvalue weighted by molar-refractivity contribution is 9.10. The van der Waals surface area contributed by atoms with Crippen LogP contribution in [0.3, 0.4) is 0 Å². The van der Waals surface area contributed by atoms with Crippen molar-refractivity contribution in [2.45, 2.75) is 12.8 Å². The highest BCUT2D eigenvalue weighted by atomic mass is 79.9. The Morgan fingerprint density at radius 2 is 2.22 bits per heavy atom. The van der Waals surface area contributed by atoms with Crippen LogP contribution >= 0.6 is 27.3 Å². The van der Waals surface area contributed by atoms with Crippen LogP contribution in [0.15, 0.2) is 34.8 Å². The fourth-order valence-electron chi connectivity index (χ4n) is 2.13. The summed E-state index contributed by atoms with van der Waals surface area (Å²) in [6.45, 7) is 2.46. The van der Waals surface area contributed by atoms with Gasteiger partial charge in [-0.15, -0.1) is 11.3 Å². The minimum absolute atomic E-state index is 0.152. The number of thiophene rings is 1. The SMILES string of the molecule is Cc1sc(C(=O)C2COc3ccccc32)cc1Br. The zero-order valence-electron chi connectivity index (χ0n) is 9.77. The van der Waals surface area contributed by atoms with Crippen molar-refractivity contribution in [1.29, 1.82) is 0 Å². The lowest BCUT2D eigenvalue weighted by atomic mass is 9.96. The van der Waals surface area contributed by atoms with Crippen LogP contribution in [0.2, 0.25) is 0 Å². The van der Waals surface area contributed by atoms with Crippen molar-refractivity contribution < 1.29 is 9.53 Å². The van der Waals surface area contributed by atoms with Gasteiger partial charge in [-0.1, -0.05) is 18.2 Å². The van der Waals surface area contributed by atoms with Gasteiger partial charge in [0.25, 0.3) is 0 Å². The Hall–Kier alpha value is -1.13. The molecule has 0 radical (unpaired) electrons. The van der Waals surface area contributed by atoms with Gasteiger partial charge in [-0.05, 0) is 35.0 Å². The van der Waals surface area contributed by atoms with Crippen LogP contribution in [0.1, 0.15) is 26.0 Å². The number of Topliss-reactive ketones (excluding diaryl/α,β-unsaturated/α-hetero) is 1. The maximum Gasteiger partial charge on any atom is 0.183 e. The lowest BCUT2D eigenvalue weighted by Crippen LogP contribution is -2.12. The predicted octanol–water partition coefficient (Wildman–Crippen LogP) is 4.18. The Morgan fingerprint density at radius 1 is 1.44 bits per heavy atom. The maximum absolute atomic E-state index is 12.5. The van der Waals surface area contributed by atoms with E-state index in [1.165, 1.54) is 11.3 Å². The second kappa shape index (κ2) is 4.52. The van der Waals surface area contributed by atoms with Crippen molar-refractivity contribution in [2.75, 3.05) is 6.61 Å². The molecule has 0 saturated heterocycles. The summed E-state index contributed by atoms with van der Waals surface area (Å²) >= 11 is 4.98. The monoisotopic (exact) mass is 322 g/mol. The molecule has 1 aromatic heterocycles. The minimum atomic E-state index is -0.161. The zero-order chi connectivity index (χ0) is 12.7. The molecule has 3 rings (SSSR count). The quantitative estimate of drug-likeness (QED) is 0.775. The number of ether oxygens (including phenoxy) is 1. The highest BCUT2D eigenvalue weighted by Gasteiger charge is 2.31. The summed E-state index contributed by atoms with van der Waals surface area (Å²) in [5.41, 5.74) is 1.00. The largest absolute Gasteiger partial charge is 0.492 e. The fourth-order valence-corrected chi connectivity index (χ4v) is 3.66. The van der Waals surface area contributed by atoms with E-state index in [2.05, 4.69) is 15.9 Å². The summed E-state index contributed by atoms with van der Waals surface area (Å²) in [7, 11) is 0. The molecule has 1 aliphatic heterocycles. The molecule has 1 unspecified atom stereocenters. The summed E-state index contributed by atoms with van der Waals surface area (Å²) in [4.78, 5) is 14.4. The molecule has 2 aromatic rings. The molecule has 0 bridgehead atoms. The number of fused-ring (bicyclic) bond motifs is 1. The van der Waals surface area contributed by atoms with E-state index in [0.717, 1.165) is 25.5 Å². The van der Waals surface area contributed by atoms with Crippen molar-refractivity contribution in [3.8, 4) is 5.75 Å². The van der Waals surface area contributed by atoms with Gasteiger partial charge in [0.1, 0.15) is 12.4 Å². The highest BCUT2D eigenvalue weighted by Crippen LogP contribution is 2.37. The summed E-state index contributed by atoms with van der Waals surface area (Å²) < 4.78 is 6.57. The molecule has 0 N–H and O–H groups in total. The van der Waals surface area contributed by atoms with Crippen LogP contribution in [0.5, 0.6) is 5.75 Å². The van der Waals surface area contributed by atoms with Crippen molar-refractivity contribution in [3.63, 3.8) is 0 Å². The first-order valence-electron chi connectivity index (χ1n) is 5.68. The molecule has 4 heteroatoms. The predicted molar refractivity (Wildman–Crippen MR) is 75.8 cm³/mol. The normalized spacial score (nSPS) is 17.3. The minimum Gasteiger partial charge on any atom is -0.492 e. The third-order valence-electron chi connectivity index (χ3n) is 3.12. The first-order valence-corrected chi connectivity index (χ1v) is 7.29. The number of hydrogen-bond acceptors (Lipinski definition) is 3. The van der Waals surface area contributed by atoms with E-state index in [-0.39, 0.29) is 11.7 Å². The van der Waals surface area contributed by atoms with Crippen LogP contribution in [-0.4, -0.2) is 12.4 Å². The molecular weight excluding hydrogens is 312 g/mol. The van der Waals surface area contributed by atoms with Crippen molar-refractivity contribution in [3.05, 3.63) is 50.1 Å². The van der Waals surface area contributed by atoms with Crippen LogP contribution in [0.25, 0.3) is 0 Å². The molecule has 18 heavy (non-hydrogen) atoms. The second-order valence-corrected chi connectivity index (χ2v) is 6.39. The molecular formula is C14H11BrO2S. The van der Waals surface area contributed by atoms with E-state index < -0.39 is 0 Å². The molecule has 2 nitrogen and oxygen atoms in total. The Balaban J connectivity index is 1.95. The van der Waals surface area contributed by atoms with Crippen molar-refractivity contribution in [1.82, 2.24) is 0 Å². The van der Waals surface area contributed by atoms with Crippen LogP contribution < -0.4 is 4.74 Å². The smallest absolute Gasteiger partial charge is 0.183 e. The summed E-state index contributed by atoms with van der Waals surface area (Å²) in [6.07, 6.45) is 0. The van der Waals surface area contributed by atoms with Crippen molar-refractivity contribution >= 4 is 33.0 Å². The average molecular weight is 323 g/mol. The summed E-state index contributed by atoms with van der Waals surface area (Å²) in [5.74, 6) is 0.827. The van der Waals surface area contributed by atoms with Crippen LogP contribution in [0.4, 0.5) is 0 Å². The number of rotatable bonds is 2. The molecule has 0 saturated carbocycles. The third kappa shape index (κ3) is 1.89. The molecule has 0 fully saturated rings. The van der Waals surface area contributed by atoms with Crippen LogP contribution in [-0.2, 0) is 0 Å². The van der Waals surface area contributed by atoms with Crippen LogP contribution in [0, 0.1) is 6.92 Å². The fraction of sp³-hybridized carbons (Fsp3) is 0.214. The molecule has 1 aliphatic rings. The van der Waals surface area contributed by atoms with Gasteiger partial charge >= 0.3 is 0 Å². The maximum atomic E-state index is 12.5. The van der Waals surface area contributed by atoms with Gasteiger partial charge in [-0.2, -0.15) is 0 Å². The number of carbonyl (C=O) groups excluding carboxylic acids is 1. The average Bonchev–Trinajstić information content (AvgIpc) is 2.93. The molecule has 0 aliphatic carbocycles. The lowest BCUT2D eigenvalue weighted by molar-refractivity contribution is 0.0951. The van der Waals surface area contributed by atoms with E-state index in [1.54, 1.807) is 0 Å². The number of para-hydroxylation sites is 1. The third-order valence-corrected chi connectivity index (χ3v) is 5.27. The van der Waals surface area contributed by atoms with Gasteiger partial charge < -0.3 is 4.74 Å². The summed E-state index contributed by atoms with van der Waals surface area (Å²) in [6, 6.07) is 9.67.